The number of nitro benzene ring substituents is 1. The minimum absolute atomic E-state index is 0.158. The Kier molecular flexibility index (Phi) is 7.34. The van der Waals surface area contributed by atoms with Gasteiger partial charge in [-0.1, -0.05) is 19.3 Å². The fraction of sp³-hybridized carbons (Fsp3) is 0.409. The number of rotatable bonds is 8. The second kappa shape index (κ2) is 9.99. The van der Waals surface area contributed by atoms with E-state index >= 15 is 0 Å². The van der Waals surface area contributed by atoms with Gasteiger partial charge in [0.05, 0.1) is 23.8 Å². The van der Waals surface area contributed by atoms with Crippen LogP contribution >= 0.6 is 0 Å². The minimum Gasteiger partial charge on any atom is -0.497 e. The van der Waals surface area contributed by atoms with Crippen molar-refractivity contribution in [3.63, 3.8) is 0 Å². The van der Waals surface area contributed by atoms with Gasteiger partial charge >= 0.3 is 0 Å². The van der Waals surface area contributed by atoms with E-state index in [9.17, 15) is 23.3 Å². The molecule has 0 aliphatic heterocycles. The molecule has 0 unspecified atom stereocenters. The average Bonchev–Trinajstić information content (AvgIpc) is 2.78. The third kappa shape index (κ3) is 5.37. The number of nitrogens with zero attached hydrogens (tertiary/aromatic N) is 2. The second-order valence-electron chi connectivity index (χ2n) is 7.86. The van der Waals surface area contributed by atoms with Gasteiger partial charge < -0.3 is 10.1 Å². The molecule has 10 heteroatoms. The number of nitrogens with one attached hydrogen (secondary N) is 1. The van der Waals surface area contributed by atoms with Crippen molar-refractivity contribution < 1.29 is 22.9 Å². The van der Waals surface area contributed by atoms with Crippen LogP contribution in [-0.2, 0) is 14.8 Å². The molecule has 0 heterocycles. The summed E-state index contributed by atoms with van der Waals surface area (Å²) in [6, 6.07) is 10.2. The quantitative estimate of drug-likeness (QED) is 0.461. The predicted octanol–water partition coefficient (Wildman–Crippen LogP) is 4.34. The van der Waals surface area contributed by atoms with Crippen molar-refractivity contribution in [3.8, 4) is 5.75 Å². The topological polar surface area (TPSA) is 119 Å². The number of methoxy groups -OCH3 is 1. The molecule has 1 saturated carbocycles. The summed E-state index contributed by atoms with van der Waals surface area (Å²) in [7, 11) is -2.88. The summed E-state index contributed by atoms with van der Waals surface area (Å²) in [5.41, 5.74) is 0.384. The van der Waals surface area contributed by atoms with Crippen molar-refractivity contribution in [2.75, 3.05) is 23.3 Å². The number of nitro groups is 1. The number of benzene rings is 2. The molecule has 9 nitrogen and oxygen atoms in total. The minimum atomic E-state index is -4.24. The van der Waals surface area contributed by atoms with Crippen LogP contribution in [0.3, 0.4) is 0 Å². The number of hydrogen-bond acceptors (Lipinski definition) is 6. The Morgan fingerprint density at radius 2 is 1.81 bits per heavy atom. The Hall–Kier alpha value is -3.14. The van der Waals surface area contributed by atoms with Crippen molar-refractivity contribution in [3.05, 3.63) is 52.6 Å². The fourth-order valence-corrected chi connectivity index (χ4v) is 5.65. The summed E-state index contributed by atoms with van der Waals surface area (Å²) in [6.07, 6.45) is 4.99. The summed E-state index contributed by atoms with van der Waals surface area (Å²) in [5, 5.41) is 14.3. The maximum absolute atomic E-state index is 13.7. The van der Waals surface area contributed by atoms with E-state index in [-0.39, 0.29) is 29.0 Å². The largest absolute Gasteiger partial charge is 0.497 e. The van der Waals surface area contributed by atoms with Gasteiger partial charge in [0.1, 0.15) is 5.75 Å². The van der Waals surface area contributed by atoms with Crippen molar-refractivity contribution in [1.29, 1.82) is 0 Å². The molecule has 2 aromatic rings. The number of anilines is 2. The molecule has 0 bridgehead atoms. The highest BCUT2D eigenvalue weighted by atomic mass is 32.2. The van der Waals surface area contributed by atoms with E-state index in [4.69, 9.17) is 4.74 Å². The van der Waals surface area contributed by atoms with E-state index in [1.165, 1.54) is 30.5 Å². The van der Waals surface area contributed by atoms with Crippen LogP contribution in [0, 0.1) is 16.0 Å². The second-order valence-corrected chi connectivity index (χ2v) is 9.69. The molecular weight excluding hydrogens is 434 g/mol. The Morgan fingerprint density at radius 1 is 1.16 bits per heavy atom. The SMILES string of the molecule is COc1ccc(S(=O)(=O)N(CC2CCCCC2)c2ccc(NC(C)=O)cc2)c([N+](=O)[O-])c1. The number of hydrogen-bond donors (Lipinski definition) is 1. The maximum atomic E-state index is 13.7. The smallest absolute Gasteiger partial charge is 0.293 e. The lowest BCUT2D eigenvalue weighted by molar-refractivity contribution is -0.387. The van der Waals surface area contributed by atoms with Gasteiger partial charge in [0.15, 0.2) is 4.90 Å². The van der Waals surface area contributed by atoms with Crippen LogP contribution in [-0.4, -0.2) is 32.9 Å². The molecular formula is C22H27N3O6S. The van der Waals surface area contributed by atoms with Crippen molar-refractivity contribution >= 4 is 33.0 Å². The molecule has 172 valence electrons. The van der Waals surface area contributed by atoms with Crippen LogP contribution in [0.25, 0.3) is 0 Å². The molecule has 0 aromatic heterocycles. The zero-order valence-electron chi connectivity index (χ0n) is 18.1. The molecule has 2 aromatic carbocycles. The van der Waals surface area contributed by atoms with Gasteiger partial charge in [0.2, 0.25) is 5.91 Å². The summed E-state index contributed by atoms with van der Waals surface area (Å²) in [6.45, 7) is 1.61. The van der Waals surface area contributed by atoms with Crippen LogP contribution in [0.2, 0.25) is 0 Å². The molecule has 1 N–H and O–H groups in total. The lowest BCUT2D eigenvalue weighted by atomic mass is 9.89. The first kappa shape index (κ1) is 23.5. The zero-order chi connectivity index (χ0) is 23.3. The first-order valence-corrected chi connectivity index (χ1v) is 11.9. The van der Waals surface area contributed by atoms with Crippen LogP contribution in [0.1, 0.15) is 39.0 Å². The molecule has 0 saturated heterocycles. The van der Waals surface area contributed by atoms with Crippen molar-refractivity contribution in [2.45, 2.75) is 43.9 Å². The van der Waals surface area contributed by atoms with Crippen LogP contribution < -0.4 is 14.4 Å². The molecule has 1 fully saturated rings. The third-order valence-corrected chi connectivity index (χ3v) is 7.40. The van der Waals surface area contributed by atoms with Crippen LogP contribution in [0.4, 0.5) is 17.1 Å². The zero-order valence-corrected chi connectivity index (χ0v) is 18.9. The van der Waals surface area contributed by atoms with Gasteiger partial charge in [-0.25, -0.2) is 8.42 Å². The van der Waals surface area contributed by atoms with Crippen molar-refractivity contribution in [2.24, 2.45) is 5.92 Å². The lowest BCUT2D eigenvalue weighted by Gasteiger charge is -2.30. The average molecular weight is 462 g/mol. The normalized spacial score (nSPS) is 14.6. The highest BCUT2D eigenvalue weighted by Gasteiger charge is 2.34. The molecule has 0 atom stereocenters. The van der Waals surface area contributed by atoms with Crippen LogP contribution in [0.15, 0.2) is 47.4 Å². The van der Waals surface area contributed by atoms with Gasteiger partial charge in [-0.05, 0) is 55.2 Å². The van der Waals surface area contributed by atoms with Gasteiger partial charge in [0, 0.05) is 19.2 Å². The maximum Gasteiger partial charge on any atom is 0.293 e. The van der Waals surface area contributed by atoms with Gasteiger partial charge in [0.25, 0.3) is 15.7 Å². The Balaban J connectivity index is 2.05. The molecule has 3 rings (SSSR count). The molecule has 1 aliphatic carbocycles. The summed E-state index contributed by atoms with van der Waals surface area (Å²) in [4.78, 5) is 21.9. The van der Waals surface area contributed by atoms with E-state index in [0.29, 0.717) is 11.4 Å². The Labute approximate surface area is 187 Å². The monoisotopic (exact) mass is 461 g/mol. The fourth-order valence-electron chi connectivity index (χ4n) is 3.96. The summed E-state index contributed by atoms with van der Waals surface area (Å²) in [5.74, 6) is 0.123. The van der Waals surface area contributed by atoms with E-state index in [1.54, 1.807) is 24.3 Å². The van der Waals surface area contributed by atoms with E-state index in [1.807, 2.05) is 0 Å². The van der Waals surface area contributed by atoms with E-state index < -0.39 is 20.6 Å². The van der Waals surface area contributed by atoms with Gasteiger partial charge in [-0.3, -0.25) is 19.2 Å². The third-order valence-electron chi connectivity index (χ3n) is 5.56. The molecule has 0 radical (unpaired) electrons. The Bertz CT molecular complexity index is 1080. The van der Waals surface area contributed by atoms with Gasteiger partial charge in [-0.2, -0.15) is 0 Å². The summed E-state index contributed by atoms with van der Waals surface area (Å²) < 4.78 is 33.7. The molecule has 1 amide bonds. The van der Waals surface area contributed by atoms with E-state index in [2.05, 4.69) is 5.32 Å². The number of amides is 1. The van der Waals surface area contributed by atoms with Gasteiger partial charge in [-0.15, -0.1) is 0 Å². The standard InChI is InChI=1S/C22H27N3O6S/c1-16(26)23-18-8-10-19(11-9-18)24(15-17-6-4-3-5-7-17)32(29,30)22-13-12-20(31-2)14-21(22)25(27)28/h8-14,17H,3-7,15H2,1-2H3,(H,23,26). The summed E-state index contributed by atoms with van der Waals surface area (Å²) >= 11 is 0. The number of ether oxygens (including phenoxy) is 1. The highest BCUT2D eigenvalue weighted by Crippen LogP contribution is 2.35. The number of carbonyl (C=O) groups is 1. The first-order chi connectivity index (χ1) is 15.2. The highest BCUT2D eigenvalue weighted by molar-refractivity contribution is 7.93. The van der Waals surface area contributed by atoms with Crippen molar-refractivity contribution in [1.82, 2.24) is 0 Å². The lowest BCUT2D eigenvalue weighted by Crippen LogP contribution is -2.36. The predicted molar refractivity (Wildman–Crippen MR) is 122 cm³/mol. The Morgan fingerprint density at radius 3 is 2.38 bits per heavy atom. The number of sulfonamides is 1. The molecule has 0 spiro atoms. The molecule has 32 heavy (non-hydrogen) atoms. The molecule has 1 aliphatic rings. The first-order valence-electron chi connectivity index (χ1n) is 10.4. The van der Waals surface area contributed by atoms with Crippen LogP contribution in [0.5, 0.6) is 5.75 Å². The number of carbonyl (C=O) groups excluding carboxylic acids is 1. The van der Waals surface area contributed by atoms with E-state index in [0.717, 1.165) is 38.2 Å².